The van der Waals surface area contributed by atoms with Crippen molar-refractivity contribution in [2.45, 2.75) is 45.6 Å². The number of rotatable bonds is 10. The highest BCUT2D eigenvalue weighted by Gasteiger charge is 2.21. The molecule has 0 bridgehead atoms. The standard InChI is InChI=1S/C20H25N3O5/c1-4-13-9-10-16-20(17-11-18(27-3)22-28-17)14(7-5-6-8-19(24)25)15(12-26-2)21-23(13)16/h9-11H,4-8,12H2,1-3H3,(H,24,25). The Balaban J connectivity index is 2.13. The number of aliphatic carboxylic acids is 1. The molecule has 28 heavy (non-hydrogen) atoms. The van der Waals surface area contributed by atoms with Crippen molar-refractivity contribution in [3.63, 3.8) is 0 Å². The predicted molar refractivity (Wildman–Crippen MR) is 103 cm³/mol. The molecule has 0 atom stereocenters. The van der Waals surface area contributed by atoms with Crippen LogP contribution in [-0.2, 0) is 29.0 Å². The summed E-state index contributed by atoms with van der Waals surface area (Å²) in [6, 6.07) is 5.82. The molecule has 0 aliphatic rings. The molecule has 150 valence electrons. The Bertz CT molecular complexity index is 960. The zero-order valence-electron chi connectivity index (χ0n) is 16.4. The van der Waals surface area contributed by atoms with Crippen LogP contribution in [0.5, 0.6) is 5.88 Å². The van der Waals surface area contributed by atoms with Crippen molar-refractivity contribution in [2.75, 3.05) is 14.2 Å². The lowest BCUT2D eigenvalue weighted by atomic mass is 9.98. The van der Waals surface area contributed by atoms with Gasteiger partial charge in [-0.1, -0.05) is 6.92 Å². The van der Waals surface area contributed by atoms with Crippen LogP contribution in [0.2, 0.25) is 0 Å². The van der Waals surface area contributed by atoms with E-state index in [-0.39, 0.29) is 6.42 Å². The molecule has 0 fully saturated rings. The van der Waals surface area contributed by atoms with Crippen LogP contribution in [0.25, 0.3) is 16.8 Å². The number of aromatic nitrogens is 3. The van der Waals surface area contributed by atoms with Crippen LogP contribution >= 0.6 is 0 Å². The summed E-state index contributed by atoms with van der Waals surface area (Å²) in [7, 11) is 3.17. The van der Waals surface area contributed by atoms with Crippen LogP contribution in [0.4, 0.5) is 0 Å². The van der Waals surface area contributed by atoms with Gasteiger partial charge in [-0.15, -0.1) is 0 Å². The summed E-state index contributed by atoms with van der Waals surface area (Å²) in [5.74, 6) is 0.206. The van der Waals surface area contributed by atoms with E-state index in [2.05, 4.69) is 12.1 Å². The van der Waals surface area contributed by atoms with Crippen LogP contribution < -0.4 is 4.74 Å². The molecular formula is C20H25N3O5. The molecule has 8 heteroatoms. The zero-order chi connectivity index (χ0) is 20.1. The molecule has 0 aromatic carbocycles. The molecule has 0 radical (unpaired) electrons. The van der Waals surface area contributed by atoms with Gasteiger partial charge >= 0.3 is 5.97 Å². The average molecular weight is 387 g/mol. The summed E-state index contributed by atoms with van der Waals surface area (Å²) in [6.07, 6.45) is 2.96. The number of hydrogen-bond acceptors (Lipinski definition) is 6. The molecule has 0 amide bonds. The van der Waals surface area contributed by atoms with Crippen molar-refractivity contribution in [2.24, 2.45) is 0 Å². The lowest BCUT2D eigenvalue weighted by molar-refractivity contribution is -0.137. The monoisotopic (exact) mass is 387 g/mol. The molecule has 0 saturated heterocycles. The van der Waals surface area contributed by atoms with Crippen LogP contribution in [0.3, 0.4) is 0 Å². The third kappa shape index (κ3) is 4.01. The van der Waals surface area contributed by atoms with Gasteiger partial charge in [0.05, 0.1) is 30.5 Å². The minimum absolute atomic E-state index is 0.145. The van der Waals surface area contributed by atoms with Gasteiger partial charge in [0.25, 0.3) is 5.88 Å². The number of carboxylic acid groups (broad SMARTS) is 1. The van der Waals surface area contributed by atoms with Crippen LogP contribution in [0, 0.1) is 0 Å². The van der Waals surface area contributed by atoms with Crippen molar-refractivity contribution in [1.82, 2.24) is 14.8 Å². The molecule has 8 nitrogen and oxygen atoms in total. The summed E-state index contributed by atoms with van der Waals surface area (Å²) in [6.45, 7) is 2.43. The van der Waals surface area contributed by atoms with Gasteiger partial charge in [0.1, 0.15) is 0 Å². The highest BCUT2D eigenvalue weighted by molar-refractivity contribution is 5.81. The number of unbranched alkanes of at least 4 members (excludes halogenated alkanes) is 1. The number of hydrogen-bond donors (Lipinski definition) is 1. The largest absolute Gasteiger partial charge is 0.481 e. The maximum absolute atomic E-state index is 10.8. The molecule has 3 rings (SSSR count). The van der Waals surface area contributed by atoms with E-state index in [0.29, 0.717) is 31.1 Å². The fourth-order valence-corrected chi connectivity index (χ4v) is 3.37. The zero-order valence-corrected chi connectivity index (χ0v) is 16.4. The fraction of sp³-hybridized carbons (Fsp3) is 0.450. The smallest absolute Gasteiger partial charge is 0.303 e. The normalized spacial score (nSPS) is 11.2. The quantitative estimate of drug-likeness (QED) is 0.532. The highest BCUT2D eigenvalue weighted by atomic mass is 16.5. The van der Waals surface area contributed by atoms with Crippen molar-refractivity contribution < 1.29 is 23.9 Å². The van der Waals surface area contributed by atoms with E-state index in [1.165, 1.54) is 0 Å². The van der Waals surface area contributed by atoms with Crippen molar-refractivity contribution in [3.8, 4) is 17.2 Å². The second-order valence-corrected chi connectivity index (χ2v) is 6.54. The summed E-state index contributed by atoms with van der Waals surface area (Å²) in [5.41, 5.74) is 4.69. The number of carbonyl (C=O) groups is 1. The van der Waals surface area contributed by atoms with Crippen LogP contribution in [-0.4, -0.2) is 40.1 Å². The average Bonchev–Trinajstić information content (AvgIpc) is 3.31. The molecule has 0 aliphatic heterocycles. The second kappa shape index (κ2) is 8.88. The maximum atomic E-state index is 10.8. The first-order chi connectivity index (χ1) is 13.6. The summed E-state index contributed by atoms with van der Waals surface area (Å²) < 4.78 is 18.0. The Kier molecular flexibility index (Phi) is 6.30. The van der Waals surface area contributed by atoms with Gasteiger partial charge in [0, 0.05) is 25.3 Å². The molecule has 3 aromatic heterocycles. The van der Waals surface area contributed by atoms with Gasteiger partial charge in [0.15, 0.2) is 5.76 Å². The molecule has 3 aromatic rings. The first-order valence-electron chi connectivity index (χ1n) is 9.33. The van der Waals surface area contributed by atoms with E-state index in [0.717, 1.165) is 40.9 Å². The maximum Gasteiger partial charge on any atom is 0.303 e. The van der Waals surface area contributed by atoms with Gasteiger partial charge in [-0.25, -0.2) is 4.52 Å². The van der Waals surface area contributed by atoms with Crippen LogP contribution in [0.1, 0.15) is 43.1 Å². The highest BCUT2D eigenvalue weighted by Crippen LogP contribution is 2.34. The Morgan fingerprint density at radius 2 is 2.11 bits per heavy atom. The van der Waals surface area contributed by atoms with Gasteiger partial charge in [0.2, 0.25) is 0 Å². The van der Waals surface area contributed by atoms with Crippen molar-refractivity contribution >= 4 is 11.5 Å². The minimum atomic E-state index is -0.787. The predicted octanol–water partition coefficient (Wildman–Crippen LogP) is 3.50. The number of ether oxygens (including phenoxy) is 2. The molecule has 0 spiro atoms. The SMILES string of the molecule is CCc1ccc2c(-c3cc(OC)no3)c(CCCCC(=O)O)c(COC)nn12. The summed E-state index contributed by atoms with van der Waals surface area (Å²) in [5, 5.41) is 17.7. The lowest BCUT2D eigenvalue weighted by Crippen LogP contribution is -2.09. The van der Waals surface area contributed by atoms with E-state index in [1.54, 1.807) is 20.3 Å². The Hall–Kier alpha value is -2.87. The van der Waals surface area contributed by atoms with E-state index < -0.39 is 5.97 Å². The second-order valence-electron chi connectivity index (χ2n) is 6.54. The summed E-state index contributed by atoms with van der Waals surface area (Å²) >= 11 is 0. The molecule has 1 N–H and O–H groups in total. The van der Waals surface area contributed by atoms with Gasteiger partial charge < -0.3 is 19.1 Å². The minimum Gasteiger partial charge on any atom is -0.481 e. The molecular weight excluding hydrogens is 362 g/mol. The van der Waals surface area contributed by atoms with Gasteiger partial charge in [-0.05, 0) is 48.5 Å². The number of aryl methyl sites for hydroxylation is 1. The molecule has 0 saturated carbocycles. The first kappa shape index (κ1) is 19.9. The van der Waals surface area contributed by atoms with Gasteiger partial charge in [-0.3, -0.25) is 4.79 Å². The van der Waals surface area contributed by atoms with E-state index in [4.69, 9.17) is 24.2 Å². The molecule has 0 aliphatic carbocycles. The van der Waals surface area contributed by atoms with E-state index in [9.17, 15) is 4.79 Å². The number of nitrogens with zero attached hydrogens (tertiary/aromatic N) is 3. The van der Waals surface area contributed by atoms with Crippen molar-refractivity contribution in [3.05, 3.63) is 35.2 Å². The number of carboxylic acids is 1. The third-order valence-corrected chi connectivity index (χ3v) is 4.72. The van der Waals surface area contributed by atoms with E-state index in [1.807, 2.05) is 16.6 Å². The lowest BCUT2D eigenvalue weighted by Gasteiger charge is -2.15. The Labute approximate surface area is 163 Å². The Morgan fingerprint density at radius 3 is 2.75 bits per heavy atom. The van der Waals surface area contributed by atoms with Crippen LogP contribution in [0.15, 0.2) is 22.7 Å². The molecule has 0 unspecified atom stereocenters. The fourth-order valence-electron chi connectivity index (χ4n) is 3.37. The molecule has 3 heterocycles. The first-order valence-corrected chi connectivity index (χ1v) is 9.33. The van der Waals surface area contributed by atoms with Gasteiger partial charge in [-0.2, -0.15) is 5.10 Å². The third-order valence-electron chi connectivity index (χ3n) is 4.72. The van der Waals surface area contributed by atoms with E-state index >= 15 is 0 Å². The summed E-state index contributed by atoms with van der Waals surface area (Å²) in [4.78, 5) is 10.8. The number of fused-ring (bicyclic) bond motifs is 1. The van der Waals surface area contributed by atoms with Crippen molar-refractivity contribution in [1.29, 1.82) is 0 Å². The Morgan fingerprint density at radius 1 is 1.29 bits per heavy atom. The number of methoxy groups -OCH3 is 2. The topological polar surface area (TPSA) is 99.1 Å².